The predicted molar refractivity (Wildman–Crippen MR) is 59.7 cm³/mol. The van der Waals surface area contributed by atoms with Crippen LogP contribution in [0.25, 0.3) is 0 Å². The van der Waals surface area contributed by atoms with E-state index in [0.717, 1.165) is 6.42 Å². The second-order valence-corrected chi connectivity index (χ2v) is 4.94. The van der Waals surface area contributed by atoms with Crippen molar-refractivity contribution in [2.45, 2.75) is 13.3 Å². The van der Waals surface area contributed by atoms with Crippen molar-refractivity contribution in [3.63, 3.8) is 0 Å². The summed E-state index contributed by atoms with van der Waals surface area (Å²) in [6, 6.07) is 0. The number of nitrogens with one attached hydrogen (secondary N) is 2. The first-order chi connectivity index (χ1) is 6.57. The minimum Gasteiger partial charge on any atom is -0.356 e. The standard InChI is InChI=1S/C9H20N2O2S/c1-8(7-10-2)9(12)11-5-4-6-14(3)13/h8,10H,4-7H2,1-3H3,(H,11,12). The molecule has 4 nitrogen and oxygen atoms in total. The molecule has 0 saturated heterocycles. The number of amides is 1. The van der Waals surface area contributed by atoms with Gasteiger partial charge in [-0.3, -0.25) is 9.00 Å². The molecule has 0 spiro atoms. The molecule has 0 rings (SSSR count). The molecule has 0 aromatic rings. The largest absolute Gasteiger partial charge is 0.356 e. The Morgan fingerprint density at radius 3 is 2.64 bits per heavy atom. The molecule has 1 amide bonds. The van der Waals surface area contributed by atoms with Crippen LogP contribution in [0.4, 0.5) is 0 Å². The average Bonchev–Trinajstić information content (AvgIpc) is 2.12. The van der Waals surface area contributed by atoms with Gasteiger partial charge in [-0.1, -0.05) is 6.92 Å². The van der Waals surface area contributed by atoms with E-state index in [1.165, 1.54) is 0 Å². The molecular weight excluding hydrogens is 200 g/mol. The van der Waals surface area contributed by atoms with E-state index in [0.29, 0.717) is 18.8 Å². The summed E-state index contributed by atoms with van der Waals surface area (Å²) in [6.45, 7) is 3.18. The Morgan fingerprint density at radius 1 is 1.50 bits per heavy atom. The van der Waals surface area contributed by atoms with Crippen LogP contribution in [-0.4, -0.2) is 42.3 Å². The third-order valence-electron chi connectivity index (χ3n) is 1.87. The minimum atomic E-state index is -0.758. The summed E-state index contributed by atoms with van der Waals surface area (Å²) in [4.78, 5) is 11.4. The van der Waals surface area contributed by atoms with Crippen LogP contribution in [0.2, 0.25) is 0 Å². The molecular formula is C9H20N2O2S. The molecule has 0 aliphatic heterocycles. The molecule has 0 bridgehead atoms. The van der Waals surface area contributed by atoms with Crippen LogP contribution in [0.5, 0.6) is 0 Å². The highest BCUT2D eigenvalue weighted by Crippen LogP contribution is 1.92. The molecule has 84 valence electrons. The molecule has 0 radical (unpaired) electrons. The van der Waals surface area contributed by atoms with Crippen molar-refractivity contribution in [1.29, 1.82) is 0 Å². The van der Waals surface area contributed by atoms with E-state index >= 15 is 0 Å². The number of rotatable bonds is 7. The summed E-state index contributed by atoms with van der Waals surface area (Å²) in [6.07, 6.45) is 2.45. The van der Waals surface area contributed by atoms with Crippen molar-refractivity contribution >= 4 is 16.7 Å². The quantitative estimate of drug-likeness (QED) is 0.581. The first-order valence-corrected chi connectivity index (χ1v) is 6.53. The van der Waals surface area contributed by atoms with E-state index in [1.54, 1.807) is 6.26 Å². The Balaban J connectivity index is 3.48. The molecule has 2 atom stereocenters. The Bertz CT molecular complexity index is 197. The normalized spacial score (nSPS) is 14.8. The molecule has 0 saturated carbocycles. The monoisotopic (exact) mass is 220 g/mol. The zero-order valence-corrected chi connectivity index (χ0v) is 9.95. The zero-order chi connectivity index (χ0) is 11.0. The summed E-state index contributed by atoms with van der Waals surface area (Å²) in [5.74, 6) is 0.703. The van der Waals surface area contributed by atoms with Gasteiger partial charge in [0.25, 0.3) is 0 Å². The van der Waals surface area contributed by atoms with Crippen LogP contribution < -0.4 is 10.6 Å². The number of hydrogen-bond donors (Lipinski definition) is 2. The summed E-state index contributed by atoms with van der Waals surface area (Å²) >= 11 is 0. The lowest BCUT2D eigenvalue weighted by molar-refractivity contribution is -0.124. The van der Waals surface area contributed by atoms with E-state index in [2.05, 4.69) is 10.6 Å². The molecule has 2 N–H and O–H groups in total. The summed E-state index contributed by atoms with van der Waals surface area (Å²) in [7, 11) is 1.07. The lowest BCUT2D eigenvalue weighted by Crippen LogP contribution is -2.35. The average molecular weight is 220 g/mol. The van der Waals surface area contributed by atoms with Gasteiger partial charge in [0, 0.05) is 41.8 Å². The predicted octanol–water partition coefficient (Wildman–Crippen LogP) is -0.273. The topological polar surface area (TPSA) is 58.2 Å². The Hall–Kier alpha value is -0.420. The fraction of sp³-hybridized carbons (Fsp3) is 0.889. The van der Waals surface area contributed by atoms with Crippen LogP contribution in [0, 0.1) is 5.92 Å². The van der Waals surface area contributed by atoms with E-state index in [1.807, 2.05) is 14.0 Å². The Morgan fingerprint density at radius 2 is 2.14 bits per heavy atom. The van der Waals surface area contributed by atoms with Gasteiger partial charge in [-0.2, -0.15) is 0 Å². The van der Waals surface area contributed by atoms with Gasteiger partial charge in [0.15, 0.2) is 0 Å². The minimum absolute atomic E-state index is 0.00729. The smallest absolute Gasteiger partial charge is 0.224 e. The summed E-state index contributed by atoms with van der Waals surface area (Å²) in [5, 5.41) is 5.76. The van der Waals surface area contributed by atoms with Crippen LogP contribution in [0.3, 0.4) is 0 Å². The summed E-state index contributed by atoms with van der Waals surface area (Å²) < 4.78 is 10.7. The number of carbonyl (C=O) groups excluding carboxylic acids is 1. The molecule has 2 unspecified atom stereocenters. The van der Waals surface area contributed by atoms with Gasteiger partial charge in [0.1, 0.15) is 0 Å². The van der Waals surface area contributed by atoms with Gasteiger partial charge in [-0.25, -0.2) is 0 Å². The van der Waals surface area contributed by atoms with E-state index in [4.69, 9.17) is 0 Å². The van der Waals surface area contributed by atoms with Crippen LogP contribution in [-0.2, 0) is 15.6 Å². The lowest BCUT2D eigenvalue weighted by atomic mass is 10.1. The van der Waals surface area contributed by atoms with Crippen molar-refractivity contribution in [2.75, 3.05) is 32.1 Å². The highest BCUT2D eigenvalue weighted by Gasteiger charge is 2.10. The second-order valence-electron chi connectivity index (χ2n) is 3.38. The molecule has 0 fully saturated rings. The molecule has 14 heavy (non-hydrogen) atoms. The van der Waals surface area contributed by atoms with E-state index in [-0.39, 0.29) is 11.8 Å². The van der Waals surface area contributed by atoms with Gasteiger partial charge in [0.05, 0.1) is 0 Å². The van der Waals surface area contributed by atoms with Crippen molar-refractivity contribution < 1.29 is 9.00 Å². The number of carbonyl (C=O) groups is 1. The molecule has 5 heteroatoms. The van der Waals surface area contributed by atoms with Gasteiger partial charge in [-0.05, 0) is 13.5 Å². The summed E-state index contributed by atoms with van der Waals surface area (Å²) in [5.41, 5.74) is 0. The van der Waals surface area contributed by atoms with Crippen molar-refractivity contribution in [3.8, 4) is 0 Å². The van der Waals surface area contributed by atoms with Crippen molar-refractivity contribution in [2.24, 2.45) is 5.92 Å². The van der Waals surface area contributed by atoms with Crippen LogP contribution >= 0.6 is 0 Å². The van der Waals surface area contributed by atoms with Crippen LogP contribution in [0.15, 0.2) is 0 Å². The van der Waals surface area contributed by atoms with Gasteiger partial charge in [-0.15, -0.1) is 0 Å². The van der Waals surface area contributed by atoms with Crippen molar-refractivity contribution in [1.82, 2.24) is 10.6 Å². The highest BCUT2D eigenvalue weighted by molar-refractivity contribution is 7.84. The first-order valence-electron chi connectivity index (χ1n) is 4.80. The van der Waals surface area contributed by atoms with Gasteiger partial charge < -0.3 is 10.6 Å². The van der Waals surface area contributed by atoms with Crippen LogP contribution in [0.1, 0.15) is 13.3 Å². The molecule has 0 aromatic carbocycles. The third kappa shape index (κ3) is 7.03. The molecule has 0 aromatic heterocycles. The van der Waals surface area contributed by atoms with Gasteiger partial charge in [0.2, 0.25) is 5.91 Å². The molecule has 0 heterocycles. The van der Waals surface area contributed by atoms with Gasteiger partial charge >= 0.3 is 0 Å². The number of hydrogen-bond acceptors (Lipinski definition) is 3. The van der Waals surface area contributed by atoms with E-state index in [9.17, 15) is 9.00 Å². The fourth-order valence-corrected chi connectivity index (χ4v) is 1.61. The maximum atomic E-state index is 11.4. The molecule has 0 aliphatic rings. The second kappa shape index (κ2) is 7.94. The maximum Gasteiger partial charge on any atom is 0.224 e. The van der Waals surface area contributed by atoms with Crippen molar-refractivity contribution in [3.05, 3.63) is 0 Å². The zero-order valence-electron chi connectivity index (χ0n) is 9.13. The Kier molecular flexibility index (Phi) is 7.70. The highest BCUT2D eigenvalue weighted by atomic mass is 32.2. The third-order valence-corrected chi connectivity index (χ3v) is 2.73. The Labute approximate surface area is 88.3 Å². The fourth-order valence-electron chi connectivity index (χ4n) is 1.06. The van der Waals surface area contributed by atoms with E-state index < -0.39 is 10.8 Å². The maximum absolute atomic E-state index is 11.4. The SMILES string of the molecule is CNCC(C)C(=O)NCCCS(C)=O. The lowest BCUT2D eigenvalue weighted by Gasteiger charge is -2.10. The first kappa shape index (κ1) is 13.6. The molecule has 0 aliphatic carbocycles.